The highest BCUT2D eigenvalue weighted by Gasteiger charge is 2.43. The number of fused-ring (bicyclic) bond motifs is 2. The Kier molecular flexibility index (Phi) is 5.78. The van der Waals surface area contributed by atoms with E-state index in [9.17, 15) is 14.4 Å². The van der Waals surface area contributed by atoms with E-state index in [0.29, 0.717) is 33.0 Å². The minimum absolute atomic E-state index is 0.00319. The van der Waals surface area contributed by atoms with E-state index in [1.54, 1.807) is 47.4 Å². The first-order valence-electron chi connectivity index (χ1n) is 11.1. The number of aryl methyl sites for hydroxylation is 1. The zero-order valence-electron chi connectivity index (χ0n) is 18.8. The molecule has 0 spiro atoms. The second-order valence-electron chi connectivity index (χ2n) is 8.24. The Morgan fingerprint density at radius 2 is 1.77 bits per heavy atom. The highest BCUT2D eigenvalue weighted by atomic mass is 35.5. The number of benzene rings is 3. The maximum absolute atomic E-state index is 13.6. The van der Waals surface area contributed by atoms with E-state index < -0.39 is 17.9 Å². The number of nitrogens with zero attached hydrogens (tertiary/aromatic N) is 1. The first-order chi connectivity index (χ1) is 16.9. The number of carbonyl (C=O) groups excluding carboxylic acids is 2. The van der Waals surface area contributed by atoms with Gasteiger partial charge in [0.15, 0.2) is 12.0 Å². The van der Waals surface area contributed by atoms with Crippen molar-refractivity contribution in [1.82, 2.24) is 0 Å². The van der Waals surface area contributed by atoms with Gasteiger partial charge in [-0.25, -0.2) is 0 Å². The van der Waals surface area contributed by atoms with Crippen LogP contribution in [-0.2, 0) is 11.2 Å². The molecule has 0 aliphatic carbocycles. The summed E-state index contributed by atoms with van der Waals surface area (Å²) in [6, 6.07) is 18.5. The lowest BCUT2D eigenvalue weighted by molar-refractivity contribution is -0.119. The summed E-state index contributed by atoms with van der Waals surface area (Å²) in [6.45, 7) is 1.80. The Hall–Kier alpha value is -4.10. The zero-order valence-corrected chi connectivity index (χ0v) is 19.5. The molecule has 0 fully saturated rings. The molecule has 1 aromatic heterocycles. The predicted molar refractivity (Wildman–Crippen MR) is 133 cm³/mol. The third kappa shape index (κ3) is 4.04. The first kappa shape index (κ1) is 22.7. The van der Waals surface area contributed by atoms with Crippen molar-refractivity contribution in [1.29, 1.82) is 0 Å². The van der Waals surface area contributed by atoms with E-state index in [0.717, 1.165) is 12.0 Å². The van der Waals surface area contributed by atoms with Crippen LogP contribution in [0.4, 0.5) is 5.69 Å². The molecular weight excluding hydrogens is 468 g/mol. The largest absolute Gasteiger partial charge is 0.484 e. The monoisotopic (exact) mass is 488 g/mol. The van der Waals surface area contributed by atoms with E-state index in [4.69, 9.17) is 26.5 Å². The summed E-state index contributed by atoms with van der Waals surface area (Å²) >= 11 is 6.14. The summed E-state index contributed by atoms with van der Waals surface area (Å²) in [4.78, 5) is 39.9. The fraction of sp³-hybridized carbons (Fsp3) is 0.148. The minimum Gasteiger partial charge on any atom is -0.484 e. The maximum Gasteiger partial charge on any atom is 0.295 e. The summed E-state index contributed by atoms with van der Waals surface area (Å²) in [7, 11) is 0. The van der Waals surface area contributed by atoms with Crippen LogP contribution in [0.1, 0.15) is 40.2 Å². The number of rotatable bonds is 6. The quantitative estimate of drug-likeness (QED) is 0.426. The fourth-order valence-corrected chi connectivity index (χ4v) is 4.49. The van der Waals surface area contributed by atoms with Crippen LogP contribution in [0.2, 0.25) is 5.02 Å². The molecule has 0 bridgehead atoms. The van der Waals surface area contributed by atoms with Gasteiger partial charge >= 0.3 is 0 Å². The number of hydrogen-bond acceptors (Lipinski definition) is 5. The van der Waals surface area contributed by atoms with Gasteiger partial charge in [-0.05, 0) is 60.0 Å². The zero-order chi connectivity index (χ0) is 24.7. The lowest BCUT2D eigenvalue weighted by atomic mass is 9.98. The molecule has 1 aliphatic heterocycles. The SMILES string of the molecule is CCc1ccc(N2C(=O)c3oc4ccc(Cl)cc4c(=O)c3C2c2ccc(OCC(N)=O)cc2)cc1. The van der Waals surface area contributed by atoms with Crippen molar-refractivity contribution < 1.29 is 18.7 Å². The molecule has 3 aromatic carbocycles. The fourth-order valence-electron chi connectivity index (χ4n) is 4.32. The van der Waals surface area contributed by atoms with Gasteiger partial charge in [0.05, 0.1) is 17.0 Å². The van der Waals surface area contributed by atoms with Crippen molar-refractivity contribution in [3.8, 4) is 5.75 Å². The van der Waals surface area contributed by atoms with Gasteiger partial charge in [-0.2, -0.15) is 0 Å². The van der Waals surface area contributed by atoms with Gasteiger partial charge in [-0.1, -0.05) is 42.8 Å². The average molecular weight is 489 g/mol. The van der Waals surface area contributed by atoms with Crippen molar-refractivity contribution in [2.24, 2.45) is 5.73 Å². The van der Waals surface area contributed by atoms with Crippen LogP contribution in [0.3, 0.4) is 0 Å². The molecular formula is C27H21ClN2O5. The number of amides is 2. The Bertz CT molecular complexity index is 1510. The summed E-state index contributed by atoms with van der Waals surface area (Å²) in [5, 5.41) is 0.701. The van der Waals surface area contributed by atoms with Crippen LogP contribution in [-0.4, -0.2) is 18.4 Å². The van der Waals surface area contributed by atoms with Crippen LogP contribution in [0.15, 0.2) is 75.9 Å². The van der Waals surface area contributed by atoms with Gasteiger partial charge in [0, 0.05) is 10.7 Å². The van der Waals surface area contributed by atoms with Crippen molar-refractivity contribution in [2.75, 3.05) is 11.5 Å². The first-order valence-corrected chi connectivity index (χ1v) is 11.4. The highest BCUT2D eigenvalue weighted by molar-refractivity contribution is 6.31. The summed E-state index contributed by atoms with van der Waals surface area (Å²) in [5.41, 5.74) is 7.82. The van der Waals surface area contributed by atoms with E-state index in [1.807, 2.05) is 24.3 Å². The summed E-state index contributed by atoms with van der Waals surface area (Å²) < 4.78 is 11.3. The molecule has 5 rings (SSSR count). The predicted octanol–water partition coefficient (Wildman–Crippen LogP) is 4.62. The highest BCUT2D eigenvalue weighted by Crippen LogP contribution is 2.41. The summed E-state index contributed by atoms with van der Waals surface area (Å²) in [6.07, 6.45) is 0.858. The smallest absolute Gasteiger partial charge is 0.295 e. The van der Waals surface area contributed by atoms with Crippen LogP contribution < -0.4 is 20.8 Å². The second-order valence-corrected chi connectivity index (χ2v) is 8.67. The molecule has 1 atom stereocenters. The van der Waals surface area contributed by atoms with Crippen molar-refractivity contribution in [2.45, 2.75) is 19.4 Å². The molecule has 0 saturated heterocycles. The molecule has 0 saturated carbocycles. The molecule has 35 heavy (non-hydrogen) atoms. The number of anilines is 1. The molecule has 176 valence electrons. The van der Waals surface area contributed by atoms with E-state index >= 15 is 0 Å². The van der Waals surface area contributed by atoms with E-state index in [2.05, 4.69) is 6.92 Å². The standard InChI is InChI=1S/C27H21ClN2O5/c1-2-15-3-8-18(9-4-15)30-24(16-5-10-19(11-6-16)34-14-22(29)31)23-25(32)20-13-17(28)7-12-21(20)35-26(23)27(30)33/h3-13,24H,2,14H2,1H3,(H2,29,31). The van der Waals surface area contributed by atoms with Gasteiger partial charge in [-0.3, -0.25) is 19.3 Å². The molecule has 7 nitrogen and oxygen atoms in total. The molecule has 2 heterocycles. The molecule has 1 unspecified atom stereocenters. The van der Waals surface area contributed by atoms with E-state index in [-0.39, 0.29) is 23.4 Å². The normalized spacial score (nSPS) is 14.9. The third-order valence-electron chi connectivity index (χ3n) is 6.03. The molecule has 0 radical (unpaired) electrons. The molecule has 1 aliphatic rings. The number of nitrogens with two attached hydrogens (primary N) is 1. The Balaban J connectivity index is 1.68. The molecule has 2 N–H and O–H groups in total. The third-order valence-corrected chi connectivity index (χ3v) is 6.27. The van der Waals surface area contributed by atoms with Crippen molar-refractivity contribution in [3.05, 3.63) is 104 Å². The van der Waals surface area contributed by atoms with Crippen LogP contribution in [0.5, 0.6) is 5.75 Å². The van der Waals surface area contributed by atoms with Crippen molar-refractivity contribution >= 4 is 40.1 Å². The lowest BCUT2D eigenvalue weighted by Gasteiger charge is -2.25. The van der Waals surface area contributed by atoms with Crippen LogP contribution in [0.25, 0.3) is 11.0 Å². The number of primary amides is 1. The molecule has 4 aromatic rings. The Morgan fingerprint density at radius 1 is 1.06 bits per heavy atom. The second kappa shape index (κ2) is 8.92. The number of ether oxygens (including phenoxy) is 1. The summed E-state index contributed by atoms with van der Waals surface area (Å²) in [5.74, 6) is -0.553. The van der Waals surface area contributed by atoms with E-state index in [1.165, 1.54) is 0 Å². The van der Waals surface area contributed by atoms with Gasteiger partial charge in [0.25, 0.3) is 11.8 Å². The number of halogens is 1. The maximum atomic E-state index is 13.6. The van der Waals surface area contributed by atoms with Gasteiger partial charge in [-0.15, -0.1) is 0 Å². The van der Waals surface area contributed by atoms with Gasteiger partial charge in [0.2, 0.25) is 5.76 Å². The number of carbonyl (C=O) groups is 2. The van der Waals surface area contributed by atoms with Gasteiger partial charge in [0.1, 0.15) is 11.3 Å². The average Bonchev–Trinajstić information content (AvgIpc) is 3.16. The van der Waals surface area contributed by atoms with Crippen molar-refractivity contribution in [3.63, 3.8) is 0 Å². The molecule has 8 heteroatoms. The minimum atomic E-state index is -0.727. The van der Waals surface area contributed by atoms with Gasteiger partial charge < -0.3 is 14.9 Å². The lowest BCUT2D eigenvalue weighted by Crippen LogP contribution is -2.29. The van der Waals surface area contributed by atoms with Crippen LogP contribution in [0, 0.1) is 0 Å². The van der Waals surface area contributed by atoms with Crippen LogP contribution >= 0.6 is 11.6 Å². The Morgan fingerprint density at radius 3 is 2.43 bits per heavy atom. The Labute approximate surface area is 205 Å². The number of hydrogen-bond donors (Lipinski definition) is 1. The topological polar surface area (TPSA) is 103 Å². The molecule has 2 amide bonds.